The predicted octanol–water partition coefficient (Wildman–Crippen LogP) is 1.96. The molecule has 8 heteroatoms. The molecule has 0 amide bonds. The van der Waals surface area contributed by atoms with Gasteiger partial charge in [-0.05, 0) is 32.7 Å². The SMILES string of the molecule is CCCNCC1CCCCN1S(=O)(=O)Nc1ncc(C)s1. The van der Waals surface area contributed by atoms with Crippen LogP contribution in [0.15, 0.2) is 6.20 Å². The zero-order valence-corrected chi connectivity index (χ0v) is 14.3. The number of anilines is 1. The van der Waals surface area contributed by atoms with E-state index in [-0.39, 0.29) is 6.04 Å². The fourth-order valence-corrected chi connectivity index (χ4v) is 4.84. The fourth-order valence-electron chi connectivity index (χ4n) is 2.51. The van der Waals surface area contributed by atoms with Gasteiger partial charge in [-0.25, -0.2) is 9.71 Å². The van der Waals surface area contributed by atoms with Crippen LogP contribution < -0.4 is 10.0 Å². The highest BCUT2D eigenvalue weighted by Gasteiger charge is 2.32. The average molecular weight is 332 g/mol. The molecule has 0 saturated carbocycles. The Bertz CT molecular complexity index is 544. The first kappa shape index (κ1) is 16.7. The van der Waals surface area contributed by atoms with Gasteiger partial charge in [0.25, 0.3) is 0 Å². The van der Waals surface area contributed by atoms with Crippen LogP contribution in [0.25, 0.3) is 0 Å². The number of thiazole rings is 1. The maximum absolute atomic E-state index is 12.6. The van der Waals surface area contributed by atoms with Crippen molar-refractivity contribution in [3.05, 3.63) is 11.1 Å². The first-order chi connectivity index (χ1) is 10.0. The number of aromatic nitrogens is 1. The molecule has 1 aromatic heterocycles. The molecule has 0 aromatic carbocycles. The Hall–Kier alpha value is -0.700. The Morgan fingerprint density at radius 3 is 2.95 bits per heavy atom. The Balaban J connectivity index is 2.04. The van der Waals surface area contributed by atoms with Gasteiger partial charge in [-0.1, -0.05) is 13.3 Å². The Kier molecular flexibility index (Phi) is 5.98. The number of nitrogens with one attached hydrogen (secondary N) is 2. The molecule has 2 rings (SSSR count). The number of hydrogen-bond donors (Lipinski definition) is 2. The van der Waals surface area contributed by atoms with Crippen molar-refractivity contribution in [1.82, 2.24) is 14.6 Å². The van der Waals surface area contributed by atoms with E-state index in [1.165, 1.54) is 11.3 Å². The van der Waals surface area contributed by atoms with E-state index in [4.69, 9.17) is 0 Å². The van der Waals surface area contributed by atoms with Gasteiger partial charge in [0.1, 0.15) is 0 Å². The summed E-state index contributed by atoms with van der Waals surface area (Å²) in [6.45, 7) is 6.23. The van der Waals surface area contributed by atoms with Crippen LogP contribution in [-0.4, -0.2) is 43.4 Å². The lowest BCUT2D eigenvalue weighted by molar-refractivity contribution is 0.247. The number of aryl methyl sites for hydroxylation is 1. The molecular weight excluding hydrogens is 308 g/mol. The van der Waals surface area contributed by atoms with E-state index in [0.29, 0.717) is 18.2 Å². The summed E-state index contributed by atoms with van der Waals surface area (Å²) < 4.78 is 29.3. The fraction of sp³-hybridized carbons (Fsp3) is 0.769. The van der Waals surface area contributed by atoms with Crippen LogP contribution in [0.1, 0.15) is 37.5 Å². The maximum atomic E-state index is 12.6. The third-order valence-electron chi connectivity index (χ3n) is 3.53. The van der Waals surface area contributed by atoms with Gasteiger partial charge < -0.3 is 5.32 Å². The van der Waals surface area contributed by atoms with E-state index >= 15 is 0 Å². The molecule has 1 aromatic rings. The van der Waals surface area contributed by atoms with Crippen LogP contribution >= 0.6 is 11.3 Å². The van der Waals surface area contributed by atoms with Crippen LogP contribution in [0, 0.1) is 6.92 Å². The summed E-state index contributed by atoms with van der Waals surface area (Å²) >= 11 is 1.36. The lowest BCUT2D eigenvalue weighted by atomic mass is 10.1. The van der Waals surface area contributed by atoms with Crippen molar-refractivity contribution in [2.75, 3.05) is 24.4 Å². The van der Waals surface area contributed by atoms with Crippen molar-refractivity contribution in [1.29, 1.82) is 0 Å². The number of nitrogens with zero attached hydrogens (tertiary/aromatic N) is 2. The number of rotatable bonds is 7. The molecule has 120 valence electrons. The van der Waals surface area contributed by atoms with Crippen molar-refractivity contribution < 1.29 is 8.42 Å². The zero-order valence-electron chi connectivity index (χ0n) is 12.6. The van der Waals surface area contributed by atoms with Crippen LogP contribution in [0.3, 0.4) is 0 Å². The van der Waals surface area contributed by atoms with E-state index in [1.807, 2.05) is 6.92 Å². The molecule has 1 atom stereocenters. The predicted molar refractivity (Wildman–Crippen MR) is 86.9 cm³/mol. The van der Waals surface area contributed by atoms with Gasteiger partial charge in [-0.3, -0.25) is 0 Å². The molecule has 1 fully saturated rings. The first-order valence-electron chi connectivity index (χ1n) is 7.45. The highest BCUT2D eigenvalue weighted by Crippen LogP contribution is 2.24. The molecule has 2 heterocycles. The second-order valence-corrected chi connectivity index (χ2v) is 8.21. The van der Waals surface area contributed by atoms with Gasteiger partial charge in [0, 0.05) is 30.2 Å². The summed E-state index contributed by atoms with van der Waals surface area (Å²) in [5.41, 5.74) is 0. The van der Waals surface area contributed by atoms with Gasteiger partial charge in [0.05, 0.1) is 0 Å². The van der Waals surface area contributed by atoms with E-state index in [2.05, 4.69) is 21.9 Å². The maximum Gasteiger partial charge on any atom is 0.303 e. The largest absolute Gasteiger partial charge is 0.315 e. The van der Waals surface area contributed by atoms with Gasteiger partial charge in [0.15, 0.2) is 5.13 Å². The molecule has 1 saturated heterocycles. The molecular formula is C13H24N4O2S2. The molecule has 0 spiro atoms. The first-order valence-corrected chi connectivity index (χ1v) is 9.71. The molecule has 0 bridgehead atoms. The lowest BCUT2D eigenvalue weighted by Gasteiger charge is -2.34. The van der Waals surface area contributed by atoms with Gasteiger partial charge in [-0.2, -0.15) is 12.7 Å². The monoisotopic (exact) mass is 332 g/mol. The highest BCUT2D eigenvalue weighted by molar-refractivity contribution is 7.90. The van der Waals surface area contributed by atoms with Gasteiger partial charge in [-0.15, -0.1) is 11.3 Å². The molecule has 1 aliphatic heterocycles. The minimum absolute atomic E-state index is 0.0314. The molecule has 2 N–H and O–H groups in total. The summed E-state index contributed by atoms with van der Waals surface area (Å²) in [7, 11) is -3.52. The second-order valence-electron chi connectivity index (χ2n) is 5.35. The summed E-state index contributed by atoms with van der Waals surface area (Å²) in [4.78, 5) is 5.08. The molecule has 6 nitrogen and oxygen atoms in total. The molecule has 0 aliphatic carbocycles. The second kappa shape index (κ2) is 7.53. The quantitative estimate of drug-likeness (QED) is 0.749. The zero-order chi connectivity index (χ0) is 15.3. The van der Waals surface area contributed by atoms with Crippen LogP contribution in [-0.2, 0) is 10.2 Å². The number of hydrogen-bond acceptors (Lipinski definition) is 5. The normalized spacial score (nSPS) is 20.6. The topological polar surface area (TPSA) is 74.3 Å². The summed E-state index contributed by atoms with van der Waals surface area (Å²) in [5, 5.41) is 3.77. The Morgan fingerprint density at radius 1 is 1.48 bits per heavy atom. The third-order valence-corrected chi connectivity index (χ3v) is 6.03. The Morgan fingerprint density at radius 2 is 2.29 bits per heavy atom. The summed E-state index contributed by atoms with van der Waals surface area (Å²) in [5.74, 6) is 0. The van der Waals surface area contributed by atoms with Crippen LogP contribution in [0.2, 0.25) is 0 Å². The molecule has 1 aliphatic rings. The van der Waals surface area contributed by atoms with Gasteiger partial charge >= 0.3 is 10.2 Å². The number of piperidine rings is 1. The van der Waals surface area contributed by atoms with Crippen molar-refractivity contribution in [2.24, 2.45) is 0 Å². The lowest BCUT2D eigenvalue weighted by Crippen LogP contribution is -2.50. The third kappa shape index (κ3) is 4.64. The summed E-state index contributed by atoms with van der Waals surface area (Å²) in [6, 6.07) is 0.0314. The molecule has 0 radical (unpaired) electrons. The molecule has 21 heavy (non-hydrogen) atoms. The van der Waals surface area contributed by atoms with Crippen molar-refractivity contribution >= 4 is 26.7 Å². The Labute approximate surface area is 131 Å². The van der Waals surface area contributed by atoms with E-state index < -0.39 is 10.2 Å². The minimum atomic E-state index is -3.52. The van der Waals surface area contributed by atoms with Crippen molar-refractivity contribution in [3.8, 4) is 0 Å². The smallest absolute Gasteiger partial charge is 0.303 e. The standard InChI is InChI=1S/C13H24N4O2S2/c1-3-7-14-10-12-6-4-5-8-17(12)21(18,19)16-13-15-9-11(2)20-13/h9,12,14H,3-8,10H2,1-2H3,(H,15,16). The van der Waals surface area contributed by atoms with E-state index in [9.17, 15) is 8.42 Å². The van der Waals surface area contributed by atoms with E-state index in [1.54, 1.807) is 10.5 Å². The van der Waals surface area contributed by atoms with Crippen molar-refractivity contribution in [2.45, 2.75) is 45.6 Å². The minimum Gasteiger partial charge on any atom is -0.315 e. The van der Waals surface area contributed by atoms with Crippen LogP contribution in [0.5, 0.6) is 0 Å². The molecule has 1 unspecified atom stereocenters. The van der Waals surface area contributed by atoms with E-state index in [0.717, 1.165) is 37.1 Å². The van der Waals surface area contributed by atoms with Crippen LogP contribution in [0.4, 0.5) is 5.13 Å². The average Bonchev–Trinajstić information content (AvgIpc) is 2.84. The van der Waals surface area contributed by atoms with Crippen molar-refractivity contribution in [3.63, 3.8) is 0 Å². The highest BCUT2D eigenvalue weighted by atomic mass is 32.2. The van der Waals surface area contributed by atoms with Gasteiger partial charge in [0.2, 0.25) is 0 Å². The summed E-state index contributed by atoms with van der Waals surface area (Å²) in [6.07, 6.45) is 5.65.